The first kappa shape index (κ1) is 15.4. The van der Waals surface area contributed by atoms with Gasteiger partial charge in [0.25, 0.3) is 11.1 Å². The molecule has 5 heteroatoms. The molecule has 0 unspecified atom stereocenters. The van der Waals surface area contributed by atoms with Gasteiger partial charge < -0.3 is 4.42 Å². The minimum absolute atomic E-state index is 0.242. The molecule has 2 amide bonds. The lowest BCUT2D eigenvalue weighted by molar-refractivity contribution is -0.123. The monoisotopic (exact) mass is 325 g/mol. The molecule has 1 aromatic heterocycles. The smallest absolute Gasteiger partial charge is 0.293 e. The number of aryl methyl sites for hydroxylation is 1. The molecule has 2 heterocycles. The highest BCUT2D eigenvalue weighted by Gasteiger charge is 2.34. The molecule has 3 rings (SSSR count). The average Bonchev–Trinajstić information content (AvgIpc) is 3.12. The second kappa shape index (κ2) is 6.71. The van der Waals surface area contributed by atoms with Crippen LogP contribution < -0.4 is 0 Å². The largest absolute Gasteiger partial charge is 0.465 e. The van der Waals surface area contributed by atoms with Gasteiger partial charge in [0.2, 0.25) is 0 Å². The predicted octanol–water partition coefficient (Wildman–Crippen LogP) is 4.38. The Kier molecular flexibility index (Phi) is 4.48. The van der Waals surface area contributed by atoms with Crippen LogP contribution in [-0.4, -0.2) is 16.0 Å². The summed E-state index contributed by atoms with van der Waals surface area (Å²) in [4.78, 5) is 26.1. The summed E-state index contributed by atoms with van der Waals surface area (Å²) in [5.74, 6) is 0.436. The molecular weight excluding hydrogens is 310 g/mol. The molecule has 1 aliphatic heterocycles. The van der Waals surface area contributed by atoms with E-state index in [0.717, 1.165) is 22.9 Å². The number of benzene rings is 1. The fourth-order valence-corrected chi connectivity index (χ4v) is 3.05. The maximum Gasteiger partial charge on any atom is 0.293 e. The van der Waals surface area contributed by atoms with Crippen LogP contribution in [0.5, 0.6) is 0 Å². The van der Waals surface area contributed by atoms with Gasteiger partial charge >= 0.3 is 0 Å². The summed E-state index contributed by atoms with van der Waals surface area (Å²) in [5, 5.41) is -0.242. The van der Waals surface area contributed by atoms with E-state index in [0.29, 0.717) is 17.2 Å². The van der Waals surface area contributed by atoms with E-state index in [4.69, 9.17) is 4.42 Å². The first-order chi connectivity index (χ1) is 11.1. The van der Waals surface area contributed by atoms with Gasteiger partial charge in [-0.1, -0.05) is 35.9 Å². The molecule has 2 aromatic rings. The van der Waals surface area contributed by atoms with E-state index < -0.39 is 0 Å². The molecule has 0 aliphatic carbocycles. The quantitative estimate of drug-likeness (QED) is 0.783. The molecule has 0 saturated carbocycles. The van der Waals surface area contributed by atoms with Crippen LogP contribution in [0.15, 0.2) is 64.1 Å². The third-order valence-electron chi connectivity index (χ3n) is 3.35. The second-order valence-electron chi connectivity index (χ2n) is 5.15. The van der Waals surface area contributed by atoms with Gasteiger partial charge in [0.1, 0.15) is 5.76 Å². The Morgan fingerprint density at radius 1 is 1.22 bits per heavy atom. The highest BCUT2D eigenvalue weighted by molar-refractivity contribution is 8.18. The number of rotatable bonds is 4. The summed E-state index contributed by atoms with van der Waals surface area (Å²) in [6.45, 7) is 2.28. The zero-order chi connectivity index (χ0) is 16.2. The van der Waals surface area contributed by atoms with Crippen molar-refractivity contribution in [3.05, 3.63) is 76.6 Å². The van der Waals surface area contributed by atoms with Crippen molar-refractivity contribution in [1.29, 1.82) is 0 Å². The lowest BCUT2D eigenvalue weighted by atomic mass is 10.1. The molecule has 1 saturated heterocycles. The van der Waals surface area contributed by atoms with Gasteiger partial charge in [0, 0.05) is 0 Å². The van der Waals surface area contributed by atoms with Crippen molar-refractivity contribution >= 4 is 29.0 Å². The van der Waals surface area contributed by atoms with Crippen LogP contribution >= 0.6 is 11.8 Å². The fourth-order valence-electron chi connectivity index (χ4n) is 2.26. The third-order valence-corrected chi connectivity index (χ3v) is 4.27. The van der Waals surface area contributed by atoms with Crippen molar-refractivity contribution in [3.63, 3.8) is 0 Å². The molecule has 0 bridgehead atoms. The number of amides is 2. The van der Waals surface area contributed by atoms with Gasteiger partial charge in [0.15, 0.2) is 0 Å². The van der Waals surface area contributed by atoms with Crippen LogP contribution in [0.2, 0.25) is 0 Å². The van der Waals surface area contributed by atoms with E-state index in [2.05, 4.69) is 0 Å². The lowest BCUT2D eigenvalue weighted by Gasteiger charge is -2.12. The lowest BCUT2D eigenvalue weighted by Crippen LogP contribution is -2.27. The number of thioether (sulfide) groups is 1. The fraction of sp³-hybridized carbons (Fsp3) is 0.111. The van der Waals surface area contributed by atoms with E-state index in [1.807, 2.05) is 37.3 Å². The zero-order valence-electron chi connectivity index (χ0n) is 12.6. The molecule has 1 aliphatic rings. The minimum Gasteiger partial charge on any atom is -0.465 e. The molecule has 1 fully saturated rings. The number of carbonyl (C=O) groups excluding carboxylic acids is 2. The summed E-state index contributed by atoms with van der Waals surface area (Å²) in [6.07, 6.45) is 6.68. The van der Waals surface area contributed by atoms with E-state index >= 15 is 0 Å². The number of furan rings is 1. The van der Waals surface area contributed by atoms with Crippen LogP contribution in [0, 0.1) is 6.92 Å². The Morgan fingerprint density at radius 2 is 2.09 bits per heavy atom. The number of allylic oxidation sites excluding steroid dienone is 2. The van der Waals surface area contributed by atoms with Crippen LogP contribution in [0.4, 0.5) is 4.79 Å². The van der Waals surface area contributed by atoms with Crippen molar-refractivity contribution < 1.29 is 14.0 Å². The van der Waals surface area contributed by atoms with Gasteiger partial charge in [-0.25, -0.2) is 0 Å². The van der Waals surface area contributed by atoms with Crippen molar-refractivity contribution in [2.24, 2.45) is 0 Å². The van der Waals surface area contributed by atoms with E-state index in [-0.39, 0.29) is 11.1 Å². The standard InChI is InChI=1S/C18H15NO3S/c1-13-5-2-6-14(11-13)12-19-17(20)16(23-18(19)21)9-3-7-15-8-4-10-22-15/h2-11H,12H2,1H3/b7-3+,16-9-. The summed E-state index contributed by atoms with van der Waals surface area (Å²) in [7, 11) is 0. The second-order valence-corrected chi connectivity index (χ2v) is 6.15. The molecule has 0 atom stereocenters. The average molecular weight is 325 g/mol. The zero-order valence-corrected chi connectivity index (χ0v) is 13.4. The Hall–Kier alpha value is -2.53. The molecule has 23 heavy (non-hydrogen) atoms. The SMILES string of the molecule is Cc1cccc(CN2C(=O)S/C(=C\C=C\c3ccco3)C2=O)c1. The molecule has 1 aromatic carbocycles. The van der Waals surface area contributed by atoms with Crippen molar-refractivity contribution in [3.8, 4) is 0 Å². The molecule has 0 radical (unpaired) electrons. The molecule has 116 valence electrons. The predicted molar refractivity (Wildman–Crippen MR) is 90.5 cm³/mol. The number of carbonyl (C=O) groups is 2. The number of nitrogens with zero attached hydrogens (tertiary/aromatic N) is 1. The topological polar surface area (TPSA) is 50.5 Å². The van der Waals surface area contributed by atoms with Gasteiger partial charge in [-0.2, -0.15) is 0 Å². The van der Waals surface area contributed by atoms with Crippen LogP contribution in [0.3, 0.4) is 0 Å². The molecule has 0 N–H and O–H groups in total. The highest BCUT2D eigenvalue weighted by atomic mass is 32.2. The molecule has 4 nitrogen and oxygen atoms in total. The summed E-state index contributed by atoms with van der Waals surface area (Å²) in [5.41, 5.74) is 2.05. The van der Waals surface area contributed by atoms with Gasteiger partial charge in [-0.15, -0.1) is 0 Å². The van der Waals surface area contributed by atoms with E-state index in [1.54, 1.807) is 30.6 Å². The highest BCUT2D eigenvalue weighted by Crippen LogP contribution is 2.31. The Bertz CT molecular complexity index is 790. The number of hydrogen-bond acceptors (Lipinski definition) is 4. The minimum atomic E-state index is -0.259. The van der Waals surface area contributed by atoms with Gasteiger partial charge in [0.05, 0.1) is 17.7 Å². The summed E-state index contributed by atoms with van der Waals surface area (Å²) in [6, 6.07) is 11.4. The van der Waals surface area contributed by atoms with Crippen LogP contribution in [0.1, 0.15) is 16.9 Å². The van der Waals surface area contributed by atoms with E-state index in [1.165, 1.54) is 4.90 Å². The molecular formula is C18H15NO3S. The number of imide groups is 1. The summed E-state index contributed by atoms with van der Waals surface area (Å²) >= 11 is 0.959. The van der Waals surface area contributed by atoms with Gasteiger partial charge in [-0.05, 0) is 48.5 Å². The molecule has 0 spiro atoms. The first-order valence-electron chi connectivity index (χ1n) is 7.14. The summed E-state index contributed by atoms with van der Waals surface area (Å²) < 4.78 is 5.17. The van der Waals surface area contributed by atoms with E-state index in [9.17, 15) is 9.59 Å². The normalized spacial score (nSPS) is 16.9. The van der Waals surface area contributed by atoms with Crippen LogP contribution in [-0.2, 0) is 11.3 Å². The Labute approximate surface area is 138 Å². The van der Waals surface area contributed by atoms with Crippen molar-refractivity contribution in [2.45, 2.75) is 13.5 Å². The Balaban J connectivity index is 1.72. The van der Waals surface area contributed by atoms with Gasteiger partial charge in [-0.3, -0.25) is 14.5 Å². The van der Waals surface area contributed by atoms with Crippen LogP contribution in [0.25, 0.3) is 6.08 Å². The van der Waals surface area contributed by atoms with Crippen molar-refractivity contribution in [1.82, 2.24) is 4.90 Å². The Morgan fingerprint density at radius 3 is 2.83 bits per heavy atom. The third kappa shape index (κ3) is 3.63. The number of hydrogen-bond donors (Lipinski definition) is 0. The van der Waals surface area contributed by atoms with Crippen molar-refractivity contribution in [2.75, 3.05) is 0 Å². The maximum atomic E-state index is 12.4. The maximum absolute atomic E-state index is 12.4. The first-order valence-corrected chi connectivity index (χ1v) is 7.96.